The Hall–Kier alpha value is -3.79. The number of hydrogen-bond donors (Lipinski definition) is 3. The van der Waals surface area contributed by atoms with Crippen LogP contribution in [0.15, 0.2) is 96.5 Å². The standard InChI is InChI=1S/C26H23ClN6O2S/c27-19-6-8-20(9-7-19)32-24(35)22-5-3-13-31-26(22)36-25(18-10-14-28-15-11-18)33-23(34)17-29-16-21-4-1-2-12-30-21/h1-15,25,29H,16-17H2,(H,32,35)(H,33,34). The molecular weight excluding hydrogens is 496 g/mol. The molecule has 1 atom stereocenters. The molecule has 1 unspecified atom stereocenters. The summed E-state index contributed by atoms with van der Waals surface area (Å²) >= 11 is 7.21. The number of carbonyl (C=O) groups excluding carboxylic acids is 2. The van der Waals surface area contributed by atoms with E-state index in [2.05, 4.69) is 30.9 Å². The van der Waals surface area contributed by atoms with Gasteiger partial charge in [0.25, 0.3) is 5.91 Å². The van der Waals surface area contributed by atoms with E-state index in [0.29, 0.717) is 27.8 Å². The lowest BCUT2D eigenvalue weighted by Crippen LogP contribution is -2.35. The van der Waals surface area contributed by atoms with E-state index >= 15 is 0 Å². The molecule has 4 aromatic rings. The minimum absolute atomic E-state index is 0.102. The summed E-state index contributed by atoms with van der Waals surface area (Å²) in [7, 11) is 0. The van der Waals surface area contributed by atoms with Crippen molar-refractivity contribution in [2.75, 3.05) is 11.9 Å². The van der Waals surface area contributed by atoms with E-state index in [-0.39, 0.29) is 18.4 Å². The summed E-state index contributed by atoms with van der Waals surface area (Å²) in [4.78, 5) is 38.5. The molecule has 8 nitrogen and oxygen atoms in total. The first-order valence-electron chi connectivity index (χ1n) is 11.1. The number of hydrogen-bond acceptors (Lipinski definition) is 7. The molecular formula is C26H23ClN6O2S. The monoisotopic (exact) mass is 518 g/mol. The number of aromatic nitrogens is 3. The molecule has 0 saturated heterocycles. The van der Waals surface area contributed by atoms with E-state index < -0.39 is 5.37 Å². The molecule has 0 spiro atoms. The van der Waals surface area contributed by atoms with Crippen LogP contribution in [0, 0.1) is 0 Å². The number of benzene rings is 1. The zero-order valence-electron chi connectivity index (χ0n) is 19.1. The van der Waals surface area contributed by atoms with Crippen molar-refractivity contribution in [3.63, 3.8) is 0 Å². The van der Waals surface area contributed by atoms with Gasteiger partial charge in [-0.3, -0.25) is 19.6 Å². The van der Waals surface area contributed by atoms with E-state index in [1.165, 1.54) is 11.8 Å². The Kier molecular flexibility index (Phi) is 8.98. The van der Waals surface area contributed by atoms with Gasteiger partial charge < -0.3 is 16.0 Å². The maximum Gasteiger partial charge on any atom is 0.258 e. The summed E-state index contributed by atoms with van der Waals surface area (Å²) < 4.78 is 0. The molecule has 36 heavy (non-hydrogen) atoms. The smallest absolute Gasteiger partial charge is 0.258 e. The molecule has 0 bridgehead atoms. The first-order valence-corrected chi connectivity index (χ1v) is 12.3. The molecule has 0 aliphatic carbocycles. The number of nitrogens with zero attached hydrogens (tertiary/aromatic N) is 3. The molecule has 0 fully saturated rings. The van der Waals surface area contributed by atoms with Gasteiger partial charge in [-0.15, -0.1) is 0 Å². The van der Waals surface area contributed by atoms with E-state index in [1.807, 2.05) is 30.3 Å². The van der Waals surface area contributed by atoms with Crippen LogP contribution in [0.2, 0.25) is 5.02 Å². The summed E-state index contributed by atoms with van der Waals surface area (Å²) in [5.41, 5.74) is 2.67. The first-order chi connectivity index (χ1) is 17.6. The van der Waals surface area contributed by atoms with Crippen LogP contribution in [0.1, 0.15) is 27.0 Å². The molecule has 0 saturated carbocycles. The highest BCUT2D eigenvalue weighted by Gasteiger charge is 2.21. The molecule has 4 rings (SSSR count). The molecule has 1 aromatic carbocycles. The summed E-state index contributed by atoms with van der Waals surface area (Å²) in [6.07, 6.45) is 6.63. The van der Waals surface area contributed by atoms with Crippen molar-refractivity contribution in [1.82, 2.24) is 25.6 Å². The number of pyridine rings is 3. The average Bonchev–Trinajstić information content (AvgIpc) is 2.91. The highest BCUT2D eigenvalue weighted by Crippen LogP contribution is 2.34. The second-order valence-electron chi connectivity index (χ2n) is 7.59. The fraction of sp³-hybridized carbons (Fsp3) is 0.115. The molecule has 3 N–H and O–H groups in total. The van der Waals surface area contributed by atoms with Gasteiger partial charge in [0.15, 0.2) is 0 Å². The van der Waals surface area contributed by atoms with Crippen molar-refractivity contribution in [1.29, 1.82) is 0 Å². The number of nitrogens with one attached hydrogen (secondary N) is 3. The van der Waals surface area contributed by atoms with Gasteiger partial charge in [-0.1, -0.05) is 29.4 Å². The number of carbonyl (C=O) groups is 2. The molecule has 182 valence electrons. The SMILES string of the molecule is O=C(CNCc1ccccn1)NC(Sc1ncccc1C(=O)Nc1ccc(Cl)cc1)c1ccncc1. The van der Waals surface area contributed by atoms with E-state index in [0.717, 1.165) is 11.3 Å². The Labute approximate surface area is 217 Å². The highest BCUT2D eigenvalue weighted by atomic mass is 35.5. The summed E-state index contributed by atoms with van der Waals surface area (Å²) in [6.45, 7) is 0.571. The van der Waals surface area contributed by atoms with Crippen LogP contribution >= 0.6 is 23.4 Å². The topological polar surface area (TPSA) is 109 Å². The third-order valence-electron chi connectivity index (χ3n) is 4.97. The normalized spacial score (nSPS) is 11.5. The molecule has 0 aliphatic rings. The predicted molar refractivity (Wildman–Crippen MR) is 141 cm³/mol. The third-order valence-corrected chi connectivity index (χ3v) is 6.39. The Morgan fingerprint density at radius 3 is 2.42 bits per heavy atom. The first kappa shape index (κ1) is 25.3. The van der Waals surface area contributed by atoms with Gasteiger partial charge in [-0.05, 0) is 66.2 Å². The van der Waals surface area contributed by atoms with Gasteiger partial charge in [0.05, 0.1) is 17.8 Å². The molecule has 0 radical (unpaired) electrons. The Bertz CT molecular complexity index is 1290. The van der Waals surface area contributed by atoms with Crippen molar-refractivity contribution >= 4 is 40.9 Å². The Morgan fingerprint density at radius 1 is 0.889 bits per heavy atom. The van der Waals surface area contributed by atoms with Gasteiger partial charge in [0.2, 0.25) is 5.91 Å². The number of halogens is 1. The number of anilines is 1. The van der Waals surface area contributed by atoms with Crippen LogP contribution in [0.3, 0.4) is 0 Å². The zero-order valence-corrected chi connectivity index (χ0v) is 20.7. The summed E-state index contributed by atoms with van der Waals surface area (Å²) in [6, 6.07) is 19.5. The number of rotatable bonds is 10. The van der Waals surface area contributed by atoms with E-state index in [4.69, 9.17) is 11.6 Å². The third kappa shape index (κ3) is 7.35. The van der Waals surface area contributed by atoms with Gasteiger partial charge >= 0.3 is 0 Å². The van der Waals surface area contributed by atoms with Crippen molar-refractivity contribution in [3.05, 3.63) is 113 Å². The molecule has 3 heterocycles. The summed E-state index contributed by atoms with van der Waals surface area (Å²) in [5.74, 6) is -0.520. The van der Waals surface area contributed by atoms with Crippen LogP contribution in [0.25, 0.3) is 0 Å². The minimum atomic E-state index is -0.492. The lowest BCUT2D eigenvalue weighted by Gasteiger charge is -2.20. The van der Waals surface area contributed by atoms with E-state index in [9.17, 15) is 9.59 Å². The lowest BCUT2D eigenvalue weighted by atomic mass is 10.2. The average molecular weight is 519 g/mol. The van der Waals surface area contributed by atoms with Gasteiger partial charge in [0.1, 0.15) is 10.4 Å². The maximum atomic E-state index is 13.0. The van der Waals surface area contributed by atoms with Gasteiger partial charge in [0, 0.05) is 42.0 Å². The zero-order chi connectivity index (χ0) is 25.2. The van der Waals surface area contributed by atoms with Crippen molar-refractivity contribution in [3.8, 4) is 0 Å². The molecule has 10 heteroatoms. The quantitative estimate of drug-likeness (QED) is 0.210. The van der Waals surface area contributed by atoms with Crippen molar-refractivity contribution < 1.29 is 9.59 Å². The largest absolute Gasteiger partial charge is 0.339 e. The van der Waals surface area contributed by atoms with Crippen molar-refractivity contribution in [2.24, 2.45) is 0 Å². The Morgan fingerprint density at radius 2 is 1.67 bits per heavy atom. The van der Waals surface area contributed by atoms with Crippen LogP contribution < -0.4 is 16.0 Å². The number of thioether (sulfide) groups is 1. The van der Waals surface area contributed by atoms with E-state index in [1.54, 1.807) is 61.2 Å². The second kappa shape index (κ2) is 12.8. The Balaban J connectivity index is 1.46. The maximum absolute atomic E-state index is 13.0. The molecule has 2 amide bonds. The second-order valence-corrected chi connectivity index (χ2v) is 9.12. The van der Waals surface area contributed by atoms with Crippen LogP contribution in [0.4, 0.5) is 5.69 Å². The van der Waals surface area contributed by atoms with Crippen molar-refractivity contribution in [2.45, 2.75) is 16.9 Å². The predicted octanol–water partition coefficient (Wildman–Crippen LogP) is 4.47. The van der Waals surface area contributed by atoms with Crippen LogP contribution in [-0.2, 0) is 11.3 Å². The number of amides is 2. The fourth-order valence-electron chi connectivity index (χ4n) is 3.22. The molecule has 3 aromatic heterocycles. The fourth-order valence-corrected chi connectivity index (χ4v) is 4.47. The lowest BCUT2D eigenvalue weighted by molar-refractivity contribution is -0.120. The summed E-state index contributed by atoms with van der Waals surface area (Å²) in [5, 5.41) is 9.54. The van der Waals surface area contributed by atoms with Gasteiger partial charge in [-0.25, -0.2) is 4.98 Å². The van der Waals surface area contributed by atoms with Crippen LogP contribution in [0.5, 0.6) is 0 Å². The van der Waals surface area contributed by atoms with Crippen LogP contribution in [-0.4, -0.2) is 33.3 Å². The van der Waals surface area contributed by atoms with Gasteiger partial charge in [-0.2, -0.15) is 0 Å². The molecule has 0 aliphatic heterocycles. The highest BCUT2D eigenvalue weighted by molar-refractivity contribution is 7.99. The minimum Gasteiger partial charge on any atom is -0.339 e.